The lowest BCUT2D eigenvalue weighted by molar-refractivity contribution is 0.462. The van der Waals surface area contributed by atoms with Gasteiger partial charge in [0.15, 0.2) is 0 Å². The second-order valence-corrected chi connectivity index (χ2v) is 25.5. The summed E-state index contributed by atoms with van der Waals surface area (Å²) in [4.78, 5) is 0. The largest absolute Gasteiger partial charge is 0.456 e. The van der Waals surface area contributed by atoms with Gasteiger partial charge in [0, 0.05) is 48.6 Å². The highest BCUT2D eigenvalue weighted by Gasteiger charge is 2.44. The minimum atomic E-state index is -0.147. The summed E-state index contributed by atoms with van der Waals surface area (Å²) in [7, 11) is 0. The Hall–Kier alpha value is -6.20. The van der Waals surface area contributed by atoms with Gasteiger partial charge in [0.05, 0.1) is 33.1 Å². The molecule has 334 valence electrons. The summed E-state index contributed by atoms with van der Waals surface area (Å²) >= 11 is 0. The molecule has 0 spiro atoms. The molecule has 0 bridgehead atoms. The first-order chi connectivity index (χ1) is 31.4. The Morgan fingerprint density at radius 2 is 0.657 bits per heavy atom. The number of ether oxygens (including phenoxy) is 2. The Labute approximate surface area is 394 Å². The van der Waals surface area contributed by atoms with Gasteiger partial charge in [-0.05, 0) is 126 Å². The second-order valence-electron chi connectivity index (χ2n) is 25.5. The number of benzene rings is 7. The molecule has 2 aliphatic rings. The molecule has 0 amide bonds. The molecule has 67 heavy (non-hydrogen) atoms. The van der Waals surface area contributed by atoms with Crippen LogP contribution in [0, 0.1) is 0 Å². The Kier molecular flexibility index (Phi) is 7.63. The number of hydrogen-bond donors (Lipinski definition) is 0. The van der Waals surface area contributed by atoms with E-state index < -0.39 is 0 Å². The molecule has 0 saturated carbocycles. The molecule has 11 aromatic rings. The fraction of sp³-hybridized carbons (Fsp3) is 0.323. The van der Waals surface area contributed by atoms with Crippen molar-refractivity contribution in [3.05, 3.63) is 125 Å². The van der Waals surface area contributed by atoms with Gasteiger partial charge in [0.1, 0.15) is 23.0 Å². The molecular formula is C62H61BN2O2. The molecule has 5 heteroatoms. The van der Waals surface area contributed by atoms with E-state index in [0.29, 0.717) is 0 Å². The average molecular weight is 877 g/mol. The maximum Gasteiger partial charge on any atom is 0.260 e. The van der Waals surface area contributed by atoms with Gasteiger partial charge in [-0.3, -0.25) is 0 Å². The number of nitrogens with zero attached hydrogens (tertiary/aromatic N) is 2. The number of aromatic nitrogens is 2. The van der Waals surface area contributed by atoms with Gasteiger partial charge >= 0.3 is 0 Å². The van der Waals surface area contributed by atoms with E-state index in [4.69, 9.17) is 9.47 Å². The molecule has 6 heterocycles. The highest BCUT2D eigenvalue weighted by atomic mass is 16.5. The molecule has 4 nitrogen and oxygen atoms in total. The van der Waals surface area contributed by atoms with E-state index in [9.17, 15) is 0 Å². The lowest BCUT2D eigenvalue weighted by Gasteiger charge is -2.35. The lowest BCUT2D eigenvalue weighted by Crippen LogP contribution is -2.57. The molecule has 0 radical (unpaired) electrons. The van der Waals surface area contributed by atoms with Gasteiger partial charge < -0.3 is 18.3 Å². The van der Waals surface area contributed by atoms with Crippen molar-refractivity contribution in [2.24, 2.45) is 0 Å². The Morgan fingerprint density at radius 1 is 0.328 bits per heavy atom. The van der Waals surface area contributed by atoms with Gasteiger partial charge in [-0.15, -0.1) is 0 Å². The van der Waals surface area contributed by atoms with E-state index in [0.717, 1.165) is 39.5 Å². The molecule has 2 aliphatic heterocycles. The first-order valence-corrected chi connectivity index (χ1v) is 24.5. The van der Waals surface area contributed by atoms with Crippen molar-refractivity contribution in [1.29, 1.82) is 0 Å². The van der Waals surface area contributed by atoms with Crippen LogP contribution in [-0.2, 0) is 27.1 Å². The molecular weight excluding hydrogens is 816 g/mol. The van der Waals surface area contributed by atoms with Crippen molar-refractivity contribution >= 4 is 99.3 Å². The molecule has 13 rings (SSSR count). The predicted octanol–water partition coefficient (Wildman–Crippen LogP) is 15.2. The van der Waals surface area contributed by atoms with E-state index in [2.05, 4.69) is 210 Å². The van der Waals surface area contributed by atoms with Crippen molar-refractivity contribution in [1.82, 2.24) is 8.80 Å². The van der Waals surface area contributed by atoms with Crippen LogP contribution >= 0.6 is 0 Å². The van der Waals surface area contributed by atoms with Gasteiger partial charge in [-0.25, -0.2) is 0 Å². The third kappa shape index (κ3) is 5.43. The highest BCUT2D eigenvalue weighted by Crippen LogP contribution is 2.50. The molecule has 0 saturated heterocycles. The van der Waals surface area contributed by atoms with Gasteiger partial charge in [0.2, 0.25) is 0 Å². The van der Waals surface area contributed by atoms with Crippen LogP contribution in [0.1, 0.15) is 132 Å². The molecule has 0 atom stereocenters. The minimum absolute atomic E-state index is 0.0184. The molecule has 0 unspecified atom stereocenters. The van der Waals surface area contributed by atoms with Crippen LogP contribution in [0.5, 0.6) is 23.0 Å². The van der Waals surface area contributed by atoms with Crippen LogP contribution in [0.25, 0.3) is 76.2 Å². The summed E-state index contributed by atoms with van der Waals surface area (Å²) in [6.45, 7) is 34.6. The molecule has 4 aromatic heterocycles. The van der Waals surface area contributed by atoms with Crippen LogP contribution in [-0.4, -0.2) is 15.5 Å². The summed E-state index contributed by atoms with van der Waals surface area (Å²) in [6, 6.07) is 38.2. The van der Waals surface area contributed by atoms with Crippen LogP contribution in [0.4, 0.5) is 0 Å². The molecule has 0 N–H and O–H groups in total. The Morgan fingerprint density at radius 3 is 1.01 bits per heavy atom. The fourth-order valence-corrected chi connectivity index (χ4v) is 11.9. The number of rotatable bonds is 0. The van der Waals surface area contributed by atoms with Crippen LogP contribution in [0.15, 0.2) is 97.1 Å². The van der Waals surface area contributed by atoms with E-state index >= 15 is 0 Å². The van der Waals surface area contributed by atoms with Crippen LogP contribution < -0.4 is 25.9 Å². The van der Waals surface area contributed by atoms with Crippen molar-refractivity contribution in [3.63, 3.8) is 0 Å². The Balaban J connectivity index is 1.16. The maximum absolute atomic E-state index is 7.49. The zero-order valence-corrected chi connectivity index (χ0v) is 42.0. The summed E-state index contributed by atoms with van der Waals surface area (Å²) in [5, 5.41) is 10.2. The fourth-order valence-electron chi connectivity index (χ4n) is 11.9. The van der Waals surface area contributed by atoms with Gasteiger partial charge in [-0.2, -0.15) is 0 Å². The number of hydrogen-bond acceptors (Lipinski definition) is 2. The quantitative estimate of drug-likeness (QED) is 0.142. The highest BCUT2D eigenvalue weighted by molar-refractivity contribution is 6.98. The minimum Gasteiger partial charge on any atom is -0.456 e. The summed E-state index contributed by atoms with van der Waals surface area (Å²) in [5.41, 5.74) is 17.1. The molecule has 0 aliphatic carbocycles. The first kappa shape index (κ1) is 41.0. The van der Waals surface area contributed by atoms with Gasteiger partial charge in [-0.1, -0.05) is 140 Å². The number of fused-ring (bicyclic) bond motifs is 18. The molecule has 7 aromatic carbocycles. The smallest absolute Gasteiger partial charge is 0.260 e. The van der Waals surface area contributed by atoms with Crippen molar-refractivity contribution in [2.45, 2.75) is 131 Å². The zero-order valence-electron chi connectivity index (χ0n) is 42.0. The summed E-state index contributed by atoms with van der Waals surface area (Å²) in [6.07, 6.45) is 0. The van der Waals surface area contributed by atoms with Crippen LogP contribution in [0.3, 0.4) is 0 Å². The monoisotopic (exact) mass is 876 g/mol. The van der Waals surface area contributed by atoms with Crippen LogP contribution in [0.2, 0.25) is 0 Å². The lowest BCUT2D eigenvalue weighted by atomic mass is 9.34. The first-order valence-electron chi connectivity index (χ1n) is 24.5. The second kappa shape index (κ2) is 12.5. The topological polar surface area (TPSA) is 27.3 Å². The van der Waals surface area contributed by atoms with Crippen molar-refractivity contribution < 1.29 is 9.47 Å². The Bertz CT molecular complexity index is 3740. The zero-order chi connectivity index (χ0) is 47.0. The van der Waals surface area contributed by atoms with E-state index in [1.54, 1.807) is 0 Å². The van der Waals surface area contributed by atoms with Crippen molar-refractivity contribution in [3.8, 4) is 23.0 Å². The van der Waals surface area contributed by atoms with E-state index in [1.165, 1.54) is 104 Å². The predicted molar refractivity (Wildman–Crippen MR) is 287 cm³/mol. The SMILES string of the molecule is CC(C)(C)c1cc2c3c(c1)Oc1c(ccc4c5cc(C(C)(C)C)cc6c7cc(C(C)(C)C)ccc7n(c14)c65)B3c1ccc3c4cc(C(C)(C)C)cc5c6cc(C(C)(C)C)ccc6n(c3c1O2)c54. The normalized spacial score (nSPS) is 14.7. The molecule has 0 fully saturated rings. The van der Waals surface area contributed by atoms with E-state index in [1.807, 2.05) is 0 Å². The van der Waals surface area contributed by atoms with E-state index in [-0.39, 0.29) is 33.8 Å². The maximum atomic E-state index is 7.49. The third-order valence-corrected chi connectivity index (χ3v) is 15.8. The summed E-state index contributed by atoms with van der Waals surface area (Å²) in [5.74, 6) is 3.65. The standard InChI is InChI=1S/C62H61BN2O2/c1-58(2,3)32-16-22-47-39(24-32)43-28-34(60(7,8)9)26-41-37-18-20-45-56(54(37)64(47)52(41)43)66-49-30-36(62(13,14)15)31-50-51(49)63(45)46-21-19-38-42-27-35(61(10,11)12)29-44-40-25-33(59(4,5)6)17-23-48(40)65(53(42)44)55(38)57(46)67-50/h16-31H,1-15H3. The van der Waals surface area contributed by atoms with Gasteiger partial charge in [0.25, 0.3) is 6.71 Å². The van der Waals surface area contributed by atoms with Crippen molar-refractivity contribution in [2.75, 3.05) is 0 Å². The third-order valence-electron chi connectivity index (χ3n) is 15.8. The average Bonchev–Trinajstić information content (AvgIpc) is 3.97. The summed E-state index contributed by atoms with van der Waals surface area (Å²) < 4.78 is 20.0.